The van der Waals surface area contributed by atoms with E-state index >= 15 is 0 Å². The summed E-state index contributed by atoms with van der Waals surface area (Å²) < 4.78 is 5.21. The van der Waals surface area contributed by atoms with Gasteiger partial charge >= 0.3 is 0 Å². The molecule has 0 bridgehead atoms. The molecule has 6 heteroatoms. The monoisotopic (exact) mass is 250 g/mol. The van der Waals surface area contributed by atoms with E-state index in [1.807, 2.05) is 0 Å². The molecule has 1 atom stereocenters. The SMILES string of the molecule is C[C@H](O)CNC(=O)c1ccc2c(c1)OCC(=O)N2. The van der Waals surface area contributed by atoms with E-state index < -0.39 is 6.10 Å². The summed E-state index contributed by atoms with van der Waals surface area (Å²) in [7, 11) is 0. The first kappa shape index (κ1) is 12.4. The number of amides is 2. The van der Waals surface area contributed by atoms with Crippen molar-refractivity contribution >= 4 is 17.5 Å². The number of benzene rings is 1. The van der Waals surface area contributed by atoms with Gasteiger partial charge < -0.3 is 20.5 Å². The molecule has 0 aromatic heterocycles. The molecule has 3 N–H and O–H groups in total. The molecule has 0 radical (unpaired) electrons. The Balaban J connectivity index is 2.11. The van der Waals surface area contributed by atoms with Crippen molar-refractivity contribution in [1.29, 1.82) is 0 Å². The number of aliphatic hydroxyl groups is 1. The average molecular weight is 250 g/mol. The number of rotatable bonds is 3. The quantitative estimate of drug-likeness (QED) is 0.711. The lowest BCUT2D eigenvalue weighted by molar-refractivity contribution is -0.118. The number of carbonyl (C=O) groups is 2. The molecule has 0 saturated carbocycles. The molecule has 1 heterocycles. The minimum Gasteiger partial charge on any atom is -0.482 e. The standard InChI is InChI=1S/C12H14N2O4/c1-7(15)5-13-12(17)8-2-3-9-10(4-8)18-6-11(16)14-9/h2-4,7,15H,5-6H2,1H3,(H,13,17)(H,14,16)/t7-/m0/s1. The van der Waals surface area contributed by atoms with Crippen molar-refractivity contribution in [3.8, 4) is 5.75 Å². The van der Waals surface area contributed by atoms with Gasteiger partial charge in [-0.05, 0) is 25.1 Å². The van der Waals surface area contributed by atoms with Gasteiger partial charge in [-0.3, -0.25) is 9.59 Å². The van der Waals surface area contributed by atoms with E-state index in [9.17, 15) is 9.59 Å². The van der Waals surface area contributed by atoms with Gasteiger partial charge in [-0.25, -0.2) is 0 Å². The Bertz CT molecular complexity index is 485. The Hall–Kier alpha value is -2.08. The lowest BCUT2D eigenvalue weighted by atomic mass is 10.1. The van der Waals surface area contributed by atoms with Gasteiger partial charge in [0.05, 0.1) is 11.8 Å². The molecule has 0 unspecified atom stereocenters. The van der Waals surface area contributed by atoms with Crippen molar-refractivity contribution in [2.75, 3.05) is 18.5 Å². The number of hydrogen-bond acceptors (Lipinski definition) is 4. The number of aliphatic hydroxyl groups excluding tert-OH is 1. The van der Waals surface area contributed by atoms with E-state index in [0.717, 1.165) is 0 Å². The van der Waals surface area contributed by atoms with Crippen molar-refractivity contribution in [2.24, 2.45) is 0 Å². The van der Waals surface area contributed by atoms with E-state index in [1.54, 1.807) is 25.1 Å². The predicted octanol–water partition coefficient (Wildman–Crippen LogP) is 0.128. The van der Waals surface area contributed by atoms with Crippen LogP contribution in [0.15, 0.2) is 18.2 Å². The third-order valence-corrected chi connectivity index (χ3v) is 2.43. The molecule has 0 spiro atoms. The molecule has 0 aliphatic carbocycles. The molecular weight excluding hydrogens is 236 g/mol. The first-order valence-electron chi connectivity index (χ1n) is 5.59. The lowest BCUT2D eigenvalue weighted by Gasteiger charge is -2.18. The summed E-state index contributed by atoms with van der Waals surface area (Å²) in [6, 6.07) is 4.76. The smallest absolute Gasteiger partial charge is 0.262 e. The summed E-state index contributed by atoms with van der Waals surface area (Å²) in [5.74, 6) is -0.0349. The molecule has 1 aliphatic heterocycles. The van der Waals surface area contributed by atoms with Crippen molar-refractivity contribution in [1.82, 2.24) is 5.32 Å². The van der Waals surface area contributed by atoms with Crippen LogP contribution in [0, 0.1) is 0 Å². The first-order valence-corrected chi connectivity index (χ1v) is 5.59. The zero-order chi connectivity index (χ0) is 13.1. The van der Waals surface area contributed by atoms with E-state index in [4.69, 9.17) is 9.84 Å². The molecule has 1 aliphatic rings. The maximum Gasteiger partial charge on any atom is 0.262 e. The predicted molar refractivity (Wildman–Crippen MR) is 64.6 cm³/mol. The number of carbonyl (C=O) groups excluding carboxylic acids is 2. The van der Waals surface area contributed by atoms with E-state index in [0.29, 0.717) is 17.0 Å². The fourth-order valence-electron chi connectivity index (χ4n) is 1.56. The summed E-state index contributed by atoms with van der Waals surface area (Å²) in [4.78, 5) is 22.8. The van der Waals surface area contributed by atoms with Crippen LogP contribution in [0.1, 0.15) is 17.3 Å². The van der Waals surface area contributed by atoms with Crippen molar-refractivity contribution in [3.63, 3.8) is 0 Å². The maximum absolute atomic E-state index is 11.7. The molecule has 0 saturated heterocycles. The van der Waals surface area contributed by atoms with Crippen LogP contribution in [0.5, 0.6) is 5.75 Å². The topological polar surface area (TPSA) is 87.7 Å². The highest BCUT2D eigenvalue weighted by atomic mass is 16.5. The normalized spacial score (nSPS) is 15.1. The van der Waals surface area contributed by atoms with E-state index in [-0.39, 0.29) is 25.0 Å². The van der Waals surface area contributed by atoms with Crippen LogP contribution in [-0.2, 0) is 4.79 Å². The summed E-state index contributed by atoms with van der Waals surface area (Å²) in [5.41, 5.74) is 0.976. The van der Waals surface area contributed by atoms with Crippen molar-refractivity contribution < 1.29 is 19.4 Å². The Morgan fingerprint density at radius 3 is 3.11 bits per heavy atom. The largest absolute Gasteiger partial charge is 0.482 e. The summed E-state index contributed by atoms with van der Waals surface area (Å²) >= 11 is 0. The highest BCUT2D eigenvalue weighted by molar-refractivity contribution is 5.98. The van der Waals surface area contributed by atoms with E-state index in [1.165, 1.54) is 0 Å². The molecule has 2 amide bonds. The first-order chi connectivity index (χ1) is 8.56. The summed E-state index contributed by atoms with van der Waals surface area (Å²) in [5, 5.41) is 14.3. The second-order valence-electron chi connectivity index (χ2n) is 4.11. The molecule has 2 rings (SSSR count). The highest BCUT2D eigenvalue weighted by Gasteiger charge is 2.17. The van der Waals surface area contributed by atoms with Gasteiger partial charge in [-0.2, -0.15) is 0 Å². The zero-order valence-corrected chi connectivity index (χ0v) is 9.90. The Kier molecular flexibility index (Phi) is 3.47. The lowest BCUT2D eigenvalue weighted by Crippen LogP contribution is -2.31. The van der Waals surface area contributed by atoms with Crippen LogP contribution in [0.2, 0.25) is 0 Å². The van der Waals surface area contributed by atoms with Crippen LogP contribution in [0.4, 0.5) is 5.69 Å². The number of anilines is 1. The third-order valence-electron chi connectivity index (χ3n) is 2.43. The van der Waals surface area contributed by atoms with Crippen LogP contribution < -0.4 is 15.4 Å². The van der Waals surface area contributed by atoms with Gasteiger partial charge in [0.2, 0.25) is 0 Å². The number of nitrogens with one attached hydrogen (secondary N) is 2. The van der Waals surface area contributed by atoms with Crippen LogP contribution in [0.3, 0.4) is 0 Å². The molecule has 96 valence electrons. The van der Waals surface area contributed by atoms with Gasteiger partial charge in [0.15, 0.2) is 6.61 Å². The summed E-state index contributed by atoms with van der Waals surface area (Å²) in [6.45, 7) is 1.73. The minimum absolute atomic E-state index is 0.0499. The summed E-state index contributed by atoms with van der Waals surface area (Å²) in [6.07, 6.45) is -0.595. The number of fused-ring (bicyclic) bond motifs is 1. The fraction of sp³-hybridized carbons (Fsp3) is 0.333. The van der Waals surface area contributed by atoms with Gasteiger partial charge in [0, 0.05) is 12.1 Å². The maximum atomic E-state index is 11.7. The Morgan fingerprint density at radius 1 is 1.61 bits per heavy atom. The second kappa shape index (κ2) is 5.05. The third kappa shape index (κ3) is 2.78. The zero-order valence-electron chi connectivity index (χ0n) is 9.90. The average Bonchev–Trinajstić information content (AvgIpc) is 2.35. The van der Waals surface area contributed by atoms with Crippen LogP contribution in [0.25, 0.3) is 0 Å². The van der Waals surface area contributed by atoms with Crippen LogP contribution >= 0.6 is 0 Å². The highest BCUT2D eigenvalue weighted by Crippen LogP contribution is 2.28. The second-order valence-corrected chi connectivity index (χ2v) is 4.11. The minimum atomic E-state index is -0.595. The molecule has 0 fully saturated rings. The molecule has 18 heavy (non-hydrogen) atoms. The van der Waals surface area contributed by atoms with Gasteiger partial charge in [0.25, 0.3) is 11.8 Å². The van der Waals surface area contributed by atoms with Gasteiger partial charge in [-0.15, -0.1) is 0 Å². The van der Waals surface area contributed by atoms with Crippen LogP contribution in [-0.4, -0.2) is 36.2 Å². The van der Waals surface area contributed by atoms with Gasteiger partial charge in [0.1, 0.15) is 5.75 Å². The van der Waals surface area contributed by atoms with E-state index in [2.05, 4.69) is 10.6 Å². The van der Waals surface area contributed by atoms with Crippen molar-refractivity contribution in [3.05, 3.63) is 23.8 Å². The van der Waals surface area contributed by atoms with Gasteiger partial charge in [-0.1, -0.05) is 0 Å². The Morgan fingerprint density at radius 2 is 2.39 bits per heavy atom. The molecule has 1 aromatic carbocycles. The molecular formula is C12H14N2O4. The molecule has 6 nitrogen and oxygen atoms in total. The fourth-order valence-corrected chi connectivity index (χ4v) is 1.56. The Labute approximate surface area is 104 Å². The molecule has 1 aromatic rings. The number of hydrogen-bond donors (Lipinski definition) is 3. The van der Waals surface area contributed by atoms with Crippen molar-refractivity contribution in [2.45, 2.75) is 13.0 Å². The number of ether oxygens (including phenoxy) is 1.